The number of carbonyl (C=O) groups excluding carboxylic acids is 2. The van der Waals surface area contributed by atoms with E-state index in [-0.39, 0.29) is 6.03 Å². The molecule has 0 saturated heterocycles. The first kappa shape index (κ1) is 22.5. The molecule has 0 unspecified atom stereocenters. The van der Waals surface area contributed by atoms with Crippen molar-refractivity contribution in [3.05, 3.63) is 72.9 Å². The average molecular weight is 471 g/mol. The number of urea groups is 1. The Balaban J connectivity index is 1.52. The highest BCUT2D eigenvalue weighted by Gasteiger charge is 2.28. The van der Waals surface area contributed by atoms with Gasteiger partial charge in [0.25, 0.3) is 0 Å². The molecule has 2 amide bonds. The van der Waals surface area contributed by atoms with E-state index in [0.717, 1.165) is 10.9 Å². The molecule has 1 N–H and O–H groups in total. The molecule has 4 aromatic rings. The summed E-state index contributed by atoms with van der Waals surface area (Å²) in [7, 11) is 0. The average Bonchev–Trinajstić information content (AvgIpc) is 3.23. The Morgan fingerprint density at radius 3 is 2.54 bits per heavy atom. The van der Waals surface area contributed by atoms with Gasteiger partial charge in [-0.3, -0.25) is 4.90 Å². The second-order valence-corrected chi connectivity index (χ2v) is 9.25. The first-order chi connectivity index (χ1) is 16.8. The molecule has 2 aromatic carbocycles. The zero-order valence-electron chi connectivity index (χ0n) is 19.8. The highest BCUT2D eigenvalue weighted by atomic mass is 16.6. The summed E-state index contributed by atoms with van der Waals surface area (Å²) in [5, 5.41) is 3.79. The molecule has 35 heavy (non-hydrogen) atoms. The van der Waals surface area contributed by atoms with E-state index in [9.17, 15) is 9.59 Å². The quantitative estimate of drug-likeness (QED) is 0.393. The molecule has 3 heterocycles. The van der Waals surface area contributed by atoms with E-state index < -0.39 is 11.7 Å². The van der Waals surface area contributed by atoms with Crippen LogP contribution in [0.2, 0.25) is 0 Å². The molecule has 0 aliphatic carbocycles. The molecule has 2 aromatic heterocycles. The van der Waals surface area contributed by atoms with Gasteiger partial charge in [-0.1, -0.05) is 36.4 Å². The van der Waals surface area contributed by atoms with Gasteiger partial charge in [0.1, 0.15) is 12.2 Å². The Hall–Kier alpha value is -4.33. The molecule has 1 aliphatic heterocycles. The van der Waals surface area contributed by atoms with E-state index in [0.29, 0.717) is 41.7 Å². The Labute approximate surface area is 203 Å². The molecule has 8 nitrogen and oxygen atoms in total. The van der Waals surface area contributed by atoms with Gasteiger partial charge in [0.2, 0.25) is 0 Å². The summed E-state index contributed by atoms with van der Waals surface area (Å²) in [5.41, 5.74) is 2.09. The van der Waals surface area contributed by atoms with Crippen molar-refractivity contribution in [3.63, 3.8) is 0 Å². The molecule has 0 atom stereocenters. The fourth-order valence-electron chi connectivity index (χ4n) is 4.02. The molecule has 0 bridgehead atoms. The van der Waals surface area contributed by atoms with Gasteiger partial charge in [0.15, 0.2) is 11.6 Å². The van der Waals surface area contributed by atoms with Crippen molar-refractivity contribution >= 4 is 34.5 Å². The SMILES string of the molecule is CC(C)(C)OC(=O)n1c(-c2cnc3c(c2)OCCN3C(=O)Nc2ccccc2)cc2ccccc21. The number of benzene rings is 2. The highest BCUT2D eigenvalue weighted by molar-refractivity contribution is 6.02. The number of aromatic nitrogens is 2. The van der Waals surface area contributed by atoms with Crippen molar-refractivity contribution in [3.8, 4) is 17.0 Å². The number of pyridine rings is 1. The summed E-state index contributed by atoms with van der Waals surface area (Å²) in [5.74, 6) is 0.895. The number of rotatable bonds is 2. The molecule has 178 valence electrons. The van der Waals surface area contributed by atoms with Gasteiger partial charge in [0.05, 0.1) is 17.8 Å². The van der Waals surface area contributed by atoms with Crippen LogP contribution in [-0.4, -0.2) is 40.4 Å². The minimum atomic E-state index is -0.649. The van der Waals surface area contributed by atoms with Crippen molar-refractivity contribution in [2.75, 3.05) is 23.4 Å². The third-order valence-electron chi connectivity index (χ3n) is 5.51. The summed E-state index contributed by atoms with van der Waals surface area (Å²) >= 11 is 0. The van der Waals surface area contributed by atoms with Crippen molar-refractivity contribution in [1.82, 2.24) is 9.55 Å². The predicted octanol–water partition coefficient (Wildman–Crippen LogP) is 5.92. The number of para-hydroxylation sites is 2. The molecular weight excluding hydrogens is 444 g/mol. The van der Waals surface area contributed by atoms with Gasteiger partial charge in [-0.25, -0.2) is 19.1 Å². The molecule has 5 rings (SSSR count). The van der Waals surface area contributed by atoms with E-state index in [4.69, 9.17) is 9.47 Å². The number of nitrogens with one attached hydrogen (secondary N) is 1. The summed E-state index contributed by atoms with van der Waals surface area (Å²) in [6.45, 7) is 6.20. The number of amides is 2. The Morgan fingerprint density at radius 1 is 1.03 bits per heavy atom. The molecular formula is C27H26N4O4. The van der Waals surface area contributed by atoms with E-state index in [1.807, 2.05) is 81.4 Å². The summed E-state index contributed by atoms with van der Waals surface area (Å²) in [4.78, 5) is 32.2. The number of ether oxygens (including phenoxy) is 2. The van der Waals surface area contributed by atoms with Gasteiger partial charge >= 0.3 is 12.1 Å². The second-order valence-electron chi connectivity index (χ2n) is 9.25. The fraction of sp³-hybridized carbons (Fsp3) is 0.222. The van der Waals surface area contributed by atoms with Gasteiger partial charge in [-0.05, 0) is 51.1 Å². The van der Waals surface area contributed by atoms with Crippen LogP contribution < -0.4 is 15.0 Å². The van der Waals surface area contributed by atoms with Gasteiger partial charge in [-0.15, -0.1) is 0 Å². The lowest BCUT2D eigenvalue weighted by Gasteiger charge is -2.28. The third kappa shape index (κ3) is 4.55. The number of fused-ring (bicyclic) bond motifs is 2. The molecule has 0 spiro atoms. The maximum absolute atomic E-state index is 13.2. The lowest BCUT2D eigenvalue weighted by molar-refractivity contribution is 0.0547. The van der Waals surface area contributed by atoms with Crippen molar-refractivity contribution in [2.24, 2.45) is 0 Å². The normalized spacial score (nSPS) is 13.2. The zero-order chi connectivity index (χ0) is 24.6. The largest absolute Gasteiger partial charge is 0.488 e. The van der Waals surface area contributed by atoms with E-state index >= 15 is 0 Å². The van der Waals surface area contributed by atoms with E-state index in [1.54, 1.807) is 21.7 Å². The first-order valence-electron chi connectivity index (χ1n) is 11.4. The summed E-state index contributed by atoms with van der Waals surface area (Å²) in [6.07, 6.45) is 1.17. The topological polar surface area (TPSA) is 85.7 Å². The zero-order valence-corrected chi connectivity index (χ0v) is 19.8. The van der Waals surface area contributed by atoms with Crippen molar-refractivity contribution in [2.45, 2.75) is 26.4 Å². The third-order valence-corrected chi connectivity index (χ3v) is 5.51. The first-order valence-corrected chi connectivity index (χ1v) is 11.4. The minimum absolute atomic E-state index is 0.288. The van der Waals surface area contributed by atoms with Crippen LogP contribution in [0, 0.1) is 0 Å². The van der Waals surface area contributed by atoms with E-state index in [2.05, 4.69) is 10.3 Å². The van der Waals surface area contributed by atoms with Crippen LogP contribution >= 0.6 is 0 Å². The number of hydrogen-bond donors (Lipinski definition) is 1. The minimum Gasteiger partial charge on any atom is -0.488 e. The van der Waals surface area contributed by atoms with Crippen LogP contribution in [-0.2, 0) is 4.74 Å². The standard InChI is InChI=1S/C27H26N4O4/c1-27(2,3)35-26(33)31-21-12-8-7-9-18(21)15-22(31)19-16-23-24(28-17-19)30(13-14-34-23)25(32)29-20-10-5-4-6-11-20/h4-12,15-17H,13-14H2,1-3H3,(H,29,32). The van der Waals surface area contributed by atoms with Gasteiger partial charge in [-0.2, -0.15) is 0 Å². The Kier molecular flexibility index (Phi) is 5.64. The van der Waals surface area contributed by atoms with Crippen LogP contribution in [0.15, 0.2) is 72.9 Å². The molecule has 0 radical (unpaired) electrons. The molecule has 0 saturated carbocycles. The predicted molar refractivity (Wildman–Crippen MR) is 135 cm³/mol. The van der Waals surface area contributed by atoms with Gasteiger partial charge < -0.3 is 14.8 Å². The Morgan fingerprint density at radius 2 is 1.77 bits per heavy atom. The van der Waals surface area contributed by atoms with Crippen LogP contribution in [0.25, 0.3) is 22.2 Å². The monoisotopic (exact) mass is 470 g/mol. The Bertz CT molecular complexity index is 1410. The summed E-state index contributed by atoms with van der Waals surface area (Å²) < 4.78 is 13.1. The van der Waals surface area contributed by atoms with Crippen LogP contribution in [0.3, 0.4) is 0 Å². The molecule has 0 fully saturated rings. The van der Waals surface area contributed by atoms with Crippen LogP contribution in [0.1, 0.15) is 20.8 Å². The maximum Gasteiger partial charge on any atom is 0.419 e. The smallest absolute Gasteiger partial charge is 0.419 e. The second kappa shape index (κ2) is 8.79. The van der Waals surface area contributed by atoms with Crippen LogP contribution in [0.5, 0.6) is 5.75 Å². The lowest BCUT2D eigenvalue weighted by Crippen LogP contribution is -2.41. The van der Waals surface area contributed by atoms with Crippen molar-refractivity contribution in [1.29, 1.82) is 0 Å². The number of nitrogens with zero attached hydrogens (tertiary/aromatic N) is 3. The van der Waals surface area contributed by atoms with Crippen molar-refractivity contribution < 1.29 is 19.1 Å². The molecule has 8 heteroatoms. The summed E-state index contributed by atoms with van der Waals surface area (Å²) in [6, 6.07) is 20.3. The number of anilines is 2. The highest BCUT2D eigenvalue weighted by Crippen LogP contribution is 2.36. The maximum atomic E-state index is 13.2. The number of hydrogen-bond acceptors (Lipinski definition) is 5. The van der Waals surface area contributed by atoms with Crippen LogP contribution in [0.4, 0.5) is 21.1 Å². The lowest BCUT2D eigenvalue weighted by atomic mass is 10.1. The fourth-order valence-corrected chi connectivity index (χ4v) is 4.02. The van der Waals surface area contributed by atoms with E-state index in [1.165, 1.54) is 0 Å². The van der Waals surface area contributed by atoms with Gasteiger partial charge in [0, 0.05) is 22.8 Å². The number of carbonyl (C=O) groups is 2. The molecule has 1 aliphatic rings.